The maximum atomic E-state index is 12.1. The molecule has 0 fully saturated rings. The lowest BCUT2D eigenvalue weighted by Crippen LogP contribution is -2.26. The van der Waals surface area contributed by atoms with Crippen LogP contribution in [0, 0.1) is 6.92 Å². The van der Waals surface area contributed by atoms with E-state index < -0.39 is 0 Å². The minimum absolute atomic E-state index is 0.103. The number of hydrogen-bond donors (Lipinski definition) is 1. The van der Waals surface area contributed by atoms with Crippen molar-refractivity contribution in [1.82, 2.24) is 14.9 Å². The number of nitrogens with one attached hydrogen (secondary N) is 1. The minimum atomic E-state index is -0.390. The highest BCUT2D eigenvalue weighted by Gasteiger charge is 2.18. The van der Waals surface area contributed by atoms with Crippen LogP contribution in [0.15, 0.2) is 11.1 Å². The van der Waals surface area contributed by atoms with E-state index >= 15 is 0 Å². The normalized spacial score (nSPS) is 10.6. The van der Waals surface area contributed by atoms with Crippen LogP contribution in [0.1, 0.15) is 21.7 Å². The summed E-state index contributed by atoms with van der Waals surface area (Å²) in [5, 5.41) is 3.10. The van der Waals surface area contributed by atoms with Crippen molar-refractivity contribution in [2.75, 3.05) is 13.7 Å². The topological polar surface area (TPSA) is 90.3 Å². The fourth-order valence-electron chi connectivity index (χ4n) is 1.89. The molecule has 1 N–H and O–H groups in total. The molecule has 0 spiro atoms. The van der Waals surface area contributed by atoms with Gasteiger partial charge < -0.3 is 14.6 Å². The van der Waals surface area contributed by atoms with Crippen LogP contribution in [0.25, 0.3) is 10.2 Å². The maximum absolute atomic E-state index is 12.1. The number of thiophene rings is 1. The van der Waals surface area contributed by atoms with Crippen molar-refractivity contribution < 1.29 is 14.3 Å². The van der Waals surface area contributed by atoms with Crippen LogP contribution in [0.2, 0.25) is 0 Å². The van der Waals surface area contributed by atoms with Crippen LogP contribution in [-0.2, 0) is 16.6 Å². The van der Waals surface area contributed by atoms with Crippen LogP contribution in [0.4, 0.5) is 0 Å². The summed E-state index contributed by atoms with van der Waals surface area (Å²) in [5.41, 5.74) is 0.432. The molecule has 0 saturated heterocycles. The Labute approximate surface area is 124 Å². The average Bonchev–Trinajstić information content (AvgIpc) is 2.80. The number of aryl methyl sites for hydroxylation is 2. The largest absolute Gasteiger partial charge is 0.469 e. The van der Waals surface area contributed by atoms with Crippen molar-refractivity contribution in [3.8, 4) is 0 Å². The first-order valence-electron chi connectivity index (χ1n) is 6.25. The third-order valence-electron chi connectivity index (χ3n) is 3.06. The van der Waals surface area contributed by atoms with E-state index in [1.807, 2.05) is 0 Å². The van der Waals surface area contributed by atoms with Crippen molar-refractivity contribution in [2.45, 2.75) is 13.3 Å². The van der Waals surface area contributed by atoms with Gasteiger partial charge in [0.2, 0.25) is 0 Å². The van der Waals surface area contributed by atoms with E-state index in [1.54, 1.807) is 14.0 Å². The summed E-state index contributed by atoms with van der Waals surface area (Å²) >= 11 is 1.17. The third-order valence-corrected chi connectivity index (χ3v) is 4.26. The molecule has 2 heterocycles. The lowest BCUT2D eigenvalue weighted by atomic mass is 10.2. The Hall–Kier alpha value is -2.22. The number of carbonyl (C=O) groups is 2. The van der Waals surface area contributed by atoms with Crippen molar-refractivity contribution >= 4 is 33.4 Å². The van der Waals surface area contributed by atoms with Crippen LogP contribution < -0.4 is 10.9 Å². The predicted molar refractivity (Wildman–Crippen MR) is 78.6 cm³/mol. The van der Waals surface area contributed by atoms with E-state index in [2.05, 4.69) is 15.0 Å². The molecular weight excluding hydrogens is 294 g/mol. The number of nitrogens with zero attached hydrogens (tertiary/aromatic N) is 2. The van der Waals surface area contributed by atoms with Crippen LogP contribution in [0.3, 0.4) is 0 Å². The zero-order valence-electron chi connectivity index (χ0n) is 11.9. The number of hydrogen-bond acceptors (Lipinski definition) is 6. The monoisotopic (exact) mass is 309 g/mol. The van der Waals surface area contributed by atoms with Crippen molar-refractivity contribution in [3.63, 3.8) is 0 Å². The molecule has 21 heavy (non-hydrogen) atoms. The van der Waals surface area contributed by atoms with Crippen molar-refractivity contribution in [3.05, 3.63) is 27.1 Å². The summed E-state index contributed by atoms with van der Waals surface area (Å²) in [5.74, 6) is -0.708. The van der Waals surface area contributed by atoms with Gasteiger partial charge in [-0.2, -0.15) is 0 Å². The van der Waals surface area contributed by atoms with Crippen LogP contribution >= 0.6 is 11.3 Å². The molecule has 8 heteroatoms. The molecule has 7 nitrogen and oxygen atoms in total. The van der Waals surface area contributed by atoms with E-state index in [0.717, 1.165) is 0 Å². The number of esters is 1. The third kappa shape index (κ3) is 2.94. The van der Waals surface area contributed by atoms with E-state index in [4.69, 9.17) is 0 Å². The van der Waals surface area contributed by atoms with Gasteiger partial charge in [0.25, 0.3) is 11.5 Å². The molecule has 2 aromatic rings. The summed E-state index contributed by atoms with van der Waals surface area (Å²) in [4.78, 5) is 40.3. The Morgan fingerprint density at radius 2 is 2.19 bits per heavy atom. The van der Waals surface area contributed by atoms with Gasteiger partial charge in [0.1, 0.15) is 4.83 Å². The second kappa shape index (κ2) is 6.04. The first kappa shape index (κ1) is 15.2. The van der Waals surface area contributed by atoms with Gasteiger partial charge in [0.05, 0.1) is 30.1 Å². The molecule has 0 aliphatic carbocycles. The molecule has 112 valence electrons. The van der Waals surface area contributed by atoms with Gasteiger partial charge in [-0.15, -0.1) is 11.3 Å². The smallest absolute Gasteiger partial charge is 0.307 e. The average molecular weight is 309 g/mol. The maximum Gasteiger partial charge on any atom is 0.307 e. The second-order valence-corrected chi connectivity index (χ2v) is 5.48. The number of carbonyl (C=O) groups excluding carboxylic acids is 2. The Morgan fingerprint density at radius 3 is 2.86 bits per heavy atom. The summed E-state index contributed by atoms with van der Waals surface area (Å²) < 4.78 is 5.87. The van der Waals surface area contributed by atoms with E-state index in [1.165, 1.54) is 29.3 Å². The van der Waals surface area contributed by atoms with Gasteiger partial charge in [-0.3, -0.25) is 14.4 Å². The molecule has 0 unspecified atom stereocenters. The van der Waals surface area contributed by atoms with E-state index in [9.17, 15) is 14.4 Å². The second-order valence-electron chi connectivity index (χ2n) is 4.48. The first-order valence-corrected chi connectivity index (χ1v) is 7.07. The van der Waals surface area contributed by atoms with Gasteiger partial charge in [-0.1, -0.05) is 0 Å². The Kier molecular flexibility index (Phi) is 4.37. The van der Waals surface area contributed by atoms with Crippen molar-refractivity contribution in [1.29, 1.82) is 0 Å². The Balaban J connectivity index is 2.25. The van der Waals surface area contributed by atoms with Crippen molar-refractivity contribution in [2.24, 2.45) is 7.05 Å². The standard InChI is InChI=1S/C13H15N3O4S/c1-7-9-12(15-6-16(2)13(9)19)21-10(7)11(18)14-5-4-8(17)20-3/h6H,4-5H2,1-3H3,(H,14,18). The SMILES string of the molecule is COC(=O)CCNC(=O)c1sc2ncn(C)c(=O)c2c1C. The highest BCUT2D eigenvalue weighted by molar-refractivity contribution is 7.20. The molecular formula is C13H15N3O4S. The first-order chi connectivity index (χ1) is 9.95. The number of rotatable bonds is 4. The van der Waals surface area contributed by atoms with Gasteiger partial charge >= 0.3 is 5.97 Å². The minimum Gasteiger partial charge on any atom is -0.469 e. The highest BCUT2D eigenvalue weighted by Crippen LogP contribution is 2.26. The fraction of sp³-hybridized carbons (Fsp3) is 0.385. The zero-order valence-corrected chi connectivity index (χ0v) is 12.7. The Morgan fingerprint density at radius 1 is 1.48 bits per heavy atom. The molecule has 0 aromatic carbocycles. The van der Waals surface area contributed by atoms with E-state index in [-0.39, 0.29) is 30.4 Å². The predicted octanol–water partition coefficient (Wildman–Crippen LogP) is 0.596. The number of fused-ring (bicyclic) bond motifs is 1. The molecule has 0 saturated carbocycles. The molecule has 1 amide bonds. The molecule has 2 aromatic heterocycles. The molecule has 0 aliphatic heterocycles. The summed E-state index contributed by atoms with van der Waals surface area (Å²) in [7, 11) is 2.91. The molecule has 0 radical (unpaired) electrons. The number of amides is 1. The molecule has 0 atom stereocenters. The van der Waals surface area contributed by atoms with Gasteiger partial charge in [0.15, 0.2) is 0 Å². The summed E-state index contributed by atoms with van der Waals surface area (Å²) in [6.07, 6.45) is 1.53. The zero-order chi connectivity index (χ0) is 15.6. The lowest BCUT2D eigenvalue weighted by Gasteiger charge is -2.03. The summed E-state index contributed by atoms with van der Waals surface area (Å²) in [6, 6.07) is 0. The van der Waals surface area contributed by atoms with Crippen LogP contribution in [0.5, 0.6) is 0 Å². The molecule has 0 bridgehead atoms. The molecule has 2 rings (SSSR count). The van der Waals surface area contributed by atoms with Gasteiger partial charge in [-0.05, 0) is 12.5 Å². The lowest BCUT2D eigenvalue weighted by molar-refractivity contribution is -0.140. The summed E-state index contributed by atoms with van der Waals surface area (Å²) in [6.45, 7) is 1.90. The number of methoxy groups -OCH3 is 1. The Bertz CT molecular complexity index is 763. The van der Waals surface area contributed by atoms with E-state index in [0.29, 0.717) is 20.7 Å². The highest BCUT2D eigenvalue weighted by atomic mass is 32.1. The number of ether oxygens (including phenoxy) is 1. The quantitative estimate of drug-likeness (QED) is 0.835. The number of aromatic nitrogens is 2. The van der Waals surface area contributed by atoms with Gasteiger partial charge in [-0.25, -0.2) is 4.98 Å². The van der Waals surface area contributed by atoms with Crippen LogP contribution in [-0.4, -0.2) is 35.1 Å². The fourth-order valence-corrected chi connectivity index (χ4v) is 2.94. The molecule has 0 aliphatic rings. The van der Waals surface area contributed by atoms with Gasteiger partial charge in [0, 0.05) is 13.6 Å².